The average molecular weight is 623 g/mol. The molecule has 0 saturated carbocycles. The number of methoxy groups -OCH3 is 1. The van der Waals surface area contributed by atoms with E-state index in [0.29, 0.717) is 35.4 Å². The number of carbonyl (C=O) groups is 2. The summed E-state index contributed by atoms with van der Waals surface area (Å²) in [5, 5.41) is 2.30. The number of aromatic amines is 1. The number of esters is 1. The van der Waals surface area contributed by atoms with Crippen molar-refractivity contribution in [3.63, 3.8) is 0 Å². The van der Waals surface area contributed by atoms with Gasteiger partial charge < -0.3 is 19.2 Å². The van der Waals surface area contributed by atoms with Gasteiger partial charge in [-0.2, -0.15) is 0 Å². The molecule has 3 heterocycles. The number of H-pyrrole nitrogens is 1. The molecule has 2 unspecified atom stereocenters. The Bertz CT molecular complexity index is 1610. The first-order chi connectivity index (χ1) is 20.9. The van der Waals surface area contributed by atoms with Gasteiger partial charge in [-0.25, -0.2) is 4.79 Å². The van der Waals surface area contributed by atoms with Gasteiger partial charge in [-0.05, 0) is 98.0 Å². The molecule has 1 saturated heterocycles. The number of hydrogen-bond donors (Lipinski definition) is 1. The first-order valence-electron chi connectivity index (χ1n) is 14.5. The lowest BCUT2D eigenvalue weighted by molar-refractivity contribution is -0.145. The lowest BCUT2D eigenvalue weighted by atomic mass is 9.92. The first-order valence-corrected chi connectivity index (χ1v) is 15.3. The average Bonchev–Trinajstić information content (AvgIpc) is 3.64. The van der Waals surface area contributed by atoms with Crippen LogP contribution in [-0.2, 0) is 16.0 Å². The third kappa shape index (κ3) is 6.32. The van der Waals surface area contributed by atoms with E-state index >= 15 is 0 Å². The predicted molar refractivity (Wildman–Crippen MR) is 166 cm³/mol. The van der Waals surface area contributed by atoms with Crippen molar-refractivity contribution in [2.24, 2.45) is 0 Å². The van der Waals surface area contributed by atoms with E-state index in [0.717, 1.165) is 65.8 Å². The monoisotopic (exact) mass is 621 g/mol. The van der Waals surface area contributed by atoms with Gasteiger partial charge in [-0.15, -0.1) is 0 Å². The van der Waals surface area contributed by atoms with Gasteiger partial charge in [0, 0.05) is 39.7 Å². The molecule has 1 fully saturated rings. The maximum Gasteiger partial charge on any atom is 0.416 e. The maximum absolute atomic E-state index is 13.5. The molecule has 1 N–H and O–H groups in total. The van der Waals surface area contributed by atoms with Crippen LogP contribution in [0.25, 0.3) is 10.9 Å². The Hall–Kier alpha value is -3.72. The maximum atomic E-state index is 13.5. The molecule has 1 amide bonds. The van der Waals surface area contributed by atoms with E-state index in [2.05, 4.69) is 9.88 Å². The molecule has 8 nitrogen and oxygen atoms in total. The van der Waals surface area contributed by atoms with Crippen LogP contribution in [0.2, 0.25) is 10.0 Å². The highest BCUT2D eigenvalue weighted by Crippen LogP contribution is 2.40. The van der Waals surface area contributed by atoms with Crippen molar-refractivity contribution in [1.82, 2.24) is 14.8 Å². The number of amides is 1. The number of benzene rings is 3. The summed E-state index contributed by atoms with van der Waals surface area (Å²) in [6, 6.07) is 19.8. The van der Waals surface area contributed by atoms with Gasteiger partial charge in [0.05, 0.1) is 13.7 Å². The third-order valence-electron chi connectivity index (χ3n) is 8.23. The van der Waals surface area contributed by atoms with Crippen LogP contribution in [0.3, 0.4) is 0 Å². The molecule has 0 aliphatic carbocycles. The second kappa shape index (κ2) is 12.9. The summed E-state index contributed by atoms with van der Waals surface area (Å²) in [6.07, 6.45) is 2.85. The number of nitrogens with one attached hydrogen (secondary N) is 1. The van der Waals surface area contributed by atoms with Gasteiger partial charge in [-0.3, -0.25) is 14.6 Å². The molecule has 0 spiro atoms. The molecule has 3 aromatic carbocycles. The highest BCUT2D eigenvalue weighted by molar-refractivity contribution is 6.31. The molecule has 4 aromatic rings. The van der Waals surface area contributed by atoms with Crippen LogP contribution >= 0.6 is 23.2 Å². The predicted octanol–water partition coefficient (Wildman–Crippen LogP) is 7.03. The summed E-state index contributed by atoms with van der Waals surface area (Å²) < 4.78 is 16.8. The van der Waals surface area contributed by atoms with Crippen molar-refractivity contribution in [3.05, 3.63) is 93.6 Å². The summed E-state index contributed by atoms with van der Waals surface area (Å²) in [6.45, 7) is 2.68. The number of rotatable bonds is 8. The zero-order valence-corrected chi connectivity index (χ0v) is 25.4. The van der Waals surface area contributed by atoms with E-state index in [9.17, 15) is 9.59 Å². The quantitative estimate of drug-likeness (QED) is 0.168. The van der Waals surface area contributed by atoms with Gasteiger partial charge >= 0.3 is 12.1 Å². The summed E-state index contributed by atoms with van der Waals surface area (Å²) in [5.74, 6) is 1.01. The van der Waals surface area contributed by atoms with Crippen LogP contribution in [-0.4, -0.2) is 66.2 Å². The minimum absolute atomic E-state index is 0.153. The lowest BCUT2D eigenvalue weighted by Gasteiger charge is -2.35. The Morgan fingerprint density at radius 3 is 2.47 bits per heavy atom. The minimum Gasteiger partial charge on any atom is -0.494 e. The fourth-order valence-electron chi connectivity index (χ4n) is 6.17. The molecule has 6 rings (SSSR count). The van der Waals surface area contributed by atoms with E-state index in [4.69, 9.17) is 37.4 Å². The number of likely N-dealkylation sites (tertiary alicyclic amines) is 1. The lowest BCUT2D eigenvalue weighted by Crippen LogP contribution is -2.42. The summed E-state index contributed by atoms with van der Waals surface area (Å²) in [7, 11) is 1.44. The zero-order valence-electron chi connectivity index (χ0n) is 23.9. The van der Waals surface area contributed by atoms with Crippen LogP contribution in [0.4, 0.5) is 4.79 Å². The zero-order chi connectivity index (χ0) is 29.9. The van der Waals surface area contributed by atoms with Crippen molar-refractivity contribution in [2.75, 3.05) is 33.4 Å². The standard InChI is InChI=1S/C33H33Cl2N3O5/c1-41-32(39)29-4-2-16-37(29)17-3-19-42-24-10-5-21(6-11-24)31-30-26(27-20-23(35)9-14-28(27)36-30)15-18-38(31)33(40)43-25-12-7-22(34)8-13-25/h5-14,20,29,31,36H,2-4,15-19H2,1H3. The van der Waals surface area contributed by atoms with Crippen molar-refractivity contribution in [1.29, 1.82) is 0 Å². The number of nitrogens with zero attached hydrogens (tertiary/aromatic N) is 2. The molecule has 2 atom stereocenters. The molecule has 10 heteroatoms. The largest absolute Gasteiger partial charge is 0.494 e. The molecule has 43 heavy (non-hydrogen) atoms. The van der Waals surface area contributed by atoms with Crippen molar-refractivity contribution in [3.8, 4) is 11.5 Å². The van der Waals surface area contributed by atoms with Crippen LogP contribution in [0, 0.1) is 0 Å². The van der Waals surface area contributed by atoms with Gasteiger partial charge in [0.25, 0.3) is 0 Å². The fraction of sp³-hybridized carbons (Fsp3) is 0.333. The van der Waals surface area contributed by atoms with Gasteiger partial charge in [0.1, 0.15) is 23.6 Å². The first kappa shape index (κ1) is 29.4. The van der Waals surface area contributed by atoms with E-state index in [-0.39, 0.29) is 12.0 Å². The highest BCUT2D eigenvalue weighted by Gasteiger charge is 2.36. The number of ether oxygens (including phenoxy) is 3. The van der Waals surface area contributed by atoms with Crippen molar-refractivity contribution < 1.29 is 23.8 Å². The molecule has 224 valence electrons. The second-order valence-electron chi connectivity index (χ2n) is 10.9. The molecule has 1 aromatic heterocycles. The van der Waals surface area contributed by atoms with Crippen LogP contribution < -0.4 is 9.47 Å². The Morgan fingerprint density at radius 2 is 1.70 bits per heavy atom. The highest BCUT2D eigenvalue weighted by atomic mass is 35.5. The third-order valence-corrected chi connectivity index (χ3v) is 8.72. The molecular formula is C33H33Cl2N3O5. The van der Waals surface area contributed by atoms with E-state index in [1.165, 1.54) is 7.11 Å². The minimum atomic E-state index is -0.442. The molecule has 0 bridgehead atoms. The number of halogens is 2. The molecule has 2 aliphatic rings. The Kier molecular flexibility index (Phi) is 8.79. The SMILES string of the molecule is COC(=O)C1CCCN1CCCOc1ccc(C2c3[nH]c4ccc(Cl)cc4c3CCN2C(=O)Oc2ccc(Cl)cc2)cc1. The fourth-order valence-corrected chi connectivity index (χ4v) is 6.46. The van der Waals surface area contributed by atoms with Crippen molar-refractivity contribution >= 4 is 46.2 Å². The summed E-state index contributed by atoms with van der Waals surface area (Å²) in [5.41, 5.74) is 3.98. The number of hydrogen-bond acceptors (Lipinski definition) is 6. The summed E-state index contributed by atoms with van der Waals surface area (Å²) >= 11 is 12.4. The van der Waals surface area contributed by atoms with Crippen molar-refractivity contribution in [2.45, 2.75) is 37.8 Å². The summed E-state index contributed by atoms with van der Waals surface area (Å²) in [4.78, 5) is 33.0. The van der Waals surface area contributed by atoms with Gasteiger partial charge in [-0.1, -0.05) is 35.3 Å². The van der Waals surface area contributed by atoms with Gasteiger partial charge in [0.2, 0.25) is 0 Å². The number of fused-ring (bicyclic) bond motifs is 3. The molecule has 0 radical (unpaired) electrons. The number of carbonyl (C=O) groups excluding carboxylic acids is 2. The Morgan fingerprint density at radius 1 is 0.953 bits per heavy atom. The molecule has 2 aliphatic heterocycles. The van der Waals surface area contributed by atoms with Crippen LogP contribution in [0.15, 0.2) is 66.7 Å². The number of aromatic nitrogens is 1. The Labute approximate surface area is 260 Å². The molecular weight excluding hydrogens is 589 g/mol. The van der Waals surface area contributed by atoms with Crippen LogP contribution in [0.5, 0.6) is 11.5 Å². The Balaban J connectivity index is 1.19. The van der Waals surface area contributed by atoms with E-state index in [1.807, 2.05) is 42.5 Å². The van der Waals surface area contributed by atoms with Crippen LogP contribution in [0.1, 0.15) is 42.1 Å². The van der Waals surface area contributed by atoms with E-state index in [1.54, 1.807) is 29.2 Å². The smallest absolute Gasteiger partial charge is 0.416 e. The normalized spacial score (nSPS) is 18.4. The second-order valence-corrected chi connectivity index (χ2v) is 11.7. The van der Waals surface area contributed by atoms with E-state index < -0.39 is 12.1 Å². The topological polar surface area (TPSA) is 84.1 Å². The van der Waals surface area contributed by atoms with Gasteiger partial charge in [0.15, 0.2) is 0 Å².